The number of rotatable bonds is 7. The fourth-order valence-corrected chi connectivity index (χ4v) is 1.43. The lowest BCUT2D eigenvalue weighted by Crippen LogP contribution is -2.39. The molecule has 3 N–H and O–H groups in total. The molecular weight excluding hydrogens is 292 g/mol. The SMILES string of the molecule is CCC(=O)Oc1ccccc1C(=O)NCC(=O)NCC(=O)O. The number of ether oxygens (including phenoxy) is 1. The van der Waals surface area contributed by atoms with Gasteiger partial charge in [-0.05, 0) is 12.1 Å². The smallest absolute Gasteiger partial charge is 0.322 e. The second kappa shape index (κ2) is 8.40. The molecule has 0 radical (unpaired) electrons. The Hall–Kier alpha value is -2.90. The van der Waals surface area contributed by atoms with Crippen molar-refractivity contribution in [2.24, 2.45) is 0 Å². The van der Waals surface area contributed by atoms with Crippen molar-refractivity contribution in [2.75, 3.05) is 13.1 Å². The van der Waals surface area contributed by atoms with Crippen LogP contribution in [-0.2, 0) is 14.4 Å². The van der Waals surface area contributed by atoms with Crippen LogP contribution >= 0.6 is 0 Å². The predicted octanol–water partition coefficient (Wildman–Crippen LogP) is -0.0674. The van der Waals surface area contributed by atoms with Gasteiger partial charge in [-0.2, -0.15) is 0 Å². The highest BCUT2D eigenvalue weighted by Gasteiger charge is 2.15. The Morgan fingerprint density at radius 3 is 2.41 bits per heavy atom. The number of carbonyl (C=O) groups excluding carboxylic acids is 3. The second-order valence-corrected chi connectivity index (χ2v) is 4.18. The molecule has 0 bridgehead atoms. The number of hydrogen-bond acceptors (Lipinski definition) is 5. The lowest BCUT2D eigenvalue weighted by atomic mass is 10.2. The summed E-state index contributed by atoms with van der Waals surface area (Å²) in [5.41, 5.74) is 0.107. The first-order valence-corrected chi connectivity index (χ1v) is 6.50. The summed E-state index contributed by atoms with van der Waals surface area (Å²) >= 11 is 0. The third kappa shape index (κ3) is 5.61. The summed E-state index contributed by atoms with van der Waals surface area (Å²) < 4.78 is 5.02. The van der Waals surface area contributed by atoms with E-state index < -0.39 is 30.3 Å². The van der Waals surface area contributed by atoms with Gasteiger partial charge >= 0.3 is 11.9 Å². The summed E-state index contributed by atoms with van der Waals surface area (Å²) in [6.45, 7) is 0.708. The molecule has 0 fully saturated rings. The highest BCUT2D eigenvalue weighted by Crippen LogP contribution is 2.18. The van der Waals surface area contributed by atoms with Crippen molar-refractivity contribution >= 4 is 23.8 Å². The number of amides is 2. The van der Waals surface area contributed by atoms with E-state index in [2.05, 4.69) is 10.6 Å². The Bertz CT molecular complexity index is 584. The van der Waals surface area contributed by atoms with Gasteiger partial charge in [-0.3, -0.25) is 19.2 Å². The van der Waals surface area contributed by atoms with Gasteiger partial charge in [-0.25, -0.2) is 0 Å². The van der Waals surface area contributed by atoms with Gasteiger partial charge in [0, 0.05) is 6.42 Å². The van der Waals surface area contributed by atoms with Crippen molar-refractivity contribution in [1.82, 2.24) is 10.6 Å². The predicted molar refractivity (Wildman–Crippen MR) is 75.3 cm³/mol. The molecule has 0 heterocycles. The zero-order valence-corrected chi connectivity index (χ0v) is 11.9. The summed E-state index contributed by atoms with van der Waals surface area (Å²) in [7, 11) is 0. The van der Waals surface area contributed by atoms with Crippen LogP contribution in [0.2, 0.25) is 0 Å². The minimum absolute atomic E-state index is 0.0952. The van der Waals surface area contributed by atoms with Crippen LogP contribution in [0.1, 0.15) is 23.7 Å². The van der Waals surface area contributed by atoms with Crippen molar-refractivity contribution in [3.05, 3.63) is 29.8 Å². The molecule has 1 aromatic rings. The molecule has 0 aliphatic rings. The largest absolute Gasteiger partial charge is 0.480 e. The number of para-hydroxylation sites is 1. The van der Waals surface area contributed by atoms with Crippen LogP contribution < -0.4 is 15.4 Å². The van der Waals surface area contributed by atoms with Crippen LogP contribution in [0.3, 0.4) is 0 Å². The van der Waals surface area contributed by atoms with Crippen molar-refractivity contribution in [3.8, 4) is 5.75 Å². The van der Waals surface area contributed by atoms with E-state index in [4.69, 9.17) is 9.84 Å². The fraction of sp³-hybridized carbons (Fsp3) is 0.286. The zero-order valence-electron chi connectivity index (χ0n) is 11.9. The standard InChI is InChI=1S/C14H16N2O6/c1-2-13(20)22-10-6-4-3-5-9(10)14(21)16-7-11(17)15-8-12(18)19/h3-6H,2,7-8H2,1H3,(H,15,17)(H,16,21)(H,18,19). The van der Waals surface area contributed by atoms with Gasteiger partial charge in [0.2, 0.25) is 5.91 Å². The van der Waals surface area contributed by atoms with Crippen molar-refractivity contribution in [3.63, 3.8) is 0 Å². The Labute approximate surface area is 126 Å². The van der Waals surface area contributed by atoms with E-state index >= 15 is 0 Å². The molecular formula is C14H16N2O6. The quantitative estimate of drug-likeness (QED) is 0.479. The molecule has 1 aromatic carbocycles. The van der Waals surface area contributed by atoms with E-state index in [1.165, 1.54) is 12.1 Å². The van der Waals surface area contributed by atoms with Crippen LogP contribution in [0.15, 0.2) is 24.3 Å². The third-order valence-corrected chi connectivity index (χ3v) is 2.49. The van der Waals surface area contributed by atoms with Crippen LogP contribution in [0.4, 0.5) is 0 Å². The Morgan fingerprint density at radius 2 is 1.77 bits per heavy atom. The van der Waals surface area contributed by atoms with Gasteiger partial charge in [0.1, 0.15) is 12.3 Å². The highest BCUT2D eigenvalue weighted by molar-refractivity contribution is 5.99. The maximum atomic E-state index is 12.0. The molecule has 0 aliphatic heterocycles. The molecule has 0 spiro atoms. The van der Waals surface area contributed by atoms with Crippen LogP contribution in [0.5, 0.6) is 5.75 Å². The number of nitrogens with one attached hydrogen (secondary N) is 2. The minimum atomic E-state index is -1.18. The van der Waals surface area contributed by atoms with Gasteiger partial charge in [-0.1, -0.05) is 19.1 Å². The molecule has 8 nitrogen and oxygen atoms in total. The van der Waals surface area contributed by atoms with Crippen LogP contribution in [0, 0.1) is 0 Å². The maximum absolute atomic E-state index is 12.0. The number of esters is 1. The summed E-state index contributed by atoms with van der Waals surface area (Å²) in [6, 6.07) is 6.10. The fourth-order valence-electron chi connectivity index (χ4n) is 1.43. The summed E-state index contributed by atoms with van der Waals surface area (Å²) in [5, 5.41) is 12.8. The molecule has 0 atom stereocenters. The van der Waals surface area contributed by atoms with Gasteiger partial charge in [-0.15, -0.1) is 0 Å². The van der Waals surface area contributed by atoms with E-state index in [1.54, 1.807) is 19.1 Å². The van der Waals surface area contributed by atoms with Crippen LogP contribution in [-0.4, -0.2) is 41.9 Å². The van der Waals surface area contributed by atoms with E-state index in [0.717, 1.165) is 0 Å². The lowest BCUT2D eigenvalue weighted by molar-refractivity contribution is -0.137. The molecule has 2 amide bonds. The molecule has 8 heteroatoms. The van der Waals surface area contributed by atoms with Gasteiger partial charge in [0.15, 0.2) is 0 Å². The number of carboxylic acid groups (broad SMARTS) is 1. The third-order valence-electron chi connectivity index (χ3n) is 2.49. The molecule has 0 aromatic heterocycles. The van der Waals surface area contributed by atoms with Gasteiger partial charge in [0.05, 0.1) is 12.1 Å². The first-order valence-electron chi connectivity index (χ1n) is 6.50. The van der Waals surface area contributed by atoms with E-state index in [0.29, 0.717) is 0 Å². The van der Waals surface area contributed by atoms with Gasteiger partial charge in [0.25, 0.3) is 5.91 Å². The Morgan fingerprint density at radius 1 is 1.09 bits per heavy atom. The average molecular weight is 308 g/mol. The average Bonchev–Trinajstić information content (AvgIpc) is 2.50. The van der Waals surface area contributed by atoms with E-state index in [1.807, 2.05) is 0 Å². The molecule has 0 saturated carbocycles. The molecule has 0 saturated heterocycles. The lowest BCUT2D eigenvalue weighted by Gasteiger charge is -2.10. The second-order valence-electron chi connectivity index (χ2n) is 4.18. The summed E-state index contributed by atoms with van der Waals surface area (Å²) in [6.07, 6.45) is 0.160. The van der Waals surface area contributed by atoms with Crippen molar-refractivity contribution in [1.29, 1.82) is 0 Å². The summed E-state index contributed by atoms with van der Waals surface area (Å²) in [4.78, 5) is 44.9. The Kier molecular flexibility index (Phi) is 6.55. The van der Waals surface area contributed by atoms with Crippen molar-refractivity contribution < 1.29 is 29.0 Å². The molecule has 118 valence electrons. The first kappa shape index (κ1) is 17.2. The number of benzene rings is 1. The zero-order chi connectivity index (χ0) is 16.5. The summed E-state index contributed by atoms with van der Waals surface area (Å²) in [5.74, 6) is -2.82. The number of hydrogen-bond donors (Lipinski definition) is 3. The highest BCUT2D eigenvalue weighted by atomic mass is 16.5. The van der Waals surface area contributed by atoms with E-state index in [9.17, 15) is 19.2 Å². The number of carbonyl (C=O) groups is 4. The monoisotopic (exact) mass is 308 g/mol. The topological polar surface area (TPSA) is 122 Å². The van der Waals surface area contributed by atoms with Gasteiger partial charge < -0.3 is 20.5 Å². The van der Waals surface area contributed by atoms with Crippen molar-refractivity contribution in [2.45, 2.75) is 13.3 Å². The molecule has 22 heavy (non-hydrogen) atoms. The normalized spacial score (nSPS) is 9.68. The van der Waals surface area contributed by atoms with E-state index in [-0.39, 0.29) is 24.3 Å². The van der Waals surface area contributed by atoms with Crippen LogP contribution in [0.25, 0.3) is 0 Å². The number of carboxylic acids is 1. The number of aliphatic carboxylic acids is 1. The first-order chi connectivity index (χ1) is 10.4. The molecule has 1 rings (SSSR count). The molecule has 0 aliphatic carbocycles. The minimum Gasteiger partial charge on any atom is -0.480 e. The maximum Gasteiger partial charge on any atom is 0.322 e. The molecule has 0 unspecified atom stereocenters. The Balaban J connectivity index is 2.64.